The van der Waals surface area contributed by atoms with Crippen LogP contribution in [0.3, 0.4) is 0 Å². The van der Waals surface area contributed by atoms with Crippen molar-refractivity contribution in [2.75, 3.05) is 5.32 Å². The van der Waals surface area contributed by atoms with Gasteiger partial charge in [0.25, 0.3) is 0 Å². The van der Waals surface area contributed by atoms with Crippen LogP contribution in [0.15, 0.2) is 42.5 Å². The highest BCUT2D eigenvalue weighted by molar-refractivity contribution is 5.99. The lowest BCUT2D eigenvalue weighted by atomic mass is 10.0. The average molecular weight is 346 g/mol. The highest BCUT2D eigenvalue weighted by Crippen LogP contribution is 2.42. The summed E-state index contributed by atoms with van der Waals surface area (Å²) in [5.41, 5.74) is 5.58. The van der Waals surface area contributed by atoms with Crippen LogP contribution < -0.4 is 5.32 Å². The Morgan fingerprint density at radius 2 is 1.92 bits per heavy atom. The van der Waals surface area contributed by atoms with E-state index in [0.717, 1.165) is 42.5 Å². The van der Waals surface area contributed by atoms with Crippen molar-refractivity contribution in [1.82, 2.24) is 4.90 Å². The molecule has 4 nitrogen and oxygen atoms in total. The number of nitrogens with zero attached hydrogens (tertiary/aromatic N) is 1. The molecule has 1 unspecified atom stereocenters. The maximum atomic E-state index is 13.2. The van der Waals surface area contributed by atoms with Crippen LogP contribution in [-0.4, -0.2) is 22.8 Å². The summed E-state index contributed by atoms with van der Waals surface area (Å²) in [6, 6.07) is 15.1. The maximum absolute atomic E-state index is 13.2. The second-order valence-electron chi connectivity index (χ2n) is 7.68. The van der Waals surface area contributed by atoms with E-state index in [1.54, 1.807) is 0 Å². The van der Waals surface area contributed by atoms with Gasteiger partial charge in [0.2, 0.25) is 11.8 Å². The molecule has 0 spiro atoms. The maximum Gasteiger partial charge on any atom is 0.228 e. The minimum atomic E-state index is 0.0330. The number of aryl methyl sites for hydroxylation is 1. The number of hydrogen-bond acceptors (Lipinski definition) is 2. The molecule has 1 atom stereocenters. The number of benzene rings is 2. The van der Waals surface area contributed by atoms with Gasteiger partial charge in [0.1, 0.15) is 0 Å². The third-order valence-corrected chi connectivity index (χ3v) is 5.82. The number of carbonyl (C=O) groups is 2. The average Bonchev–Trinajstić information content (AvgIpc) is 3.26. The zero-order valence-corrected chi connectivity index (χ0v) is 14.7. The molecular formula is C22H22N2O2. The first-order chi connectivity index (χ1) is 12.7. The van der Waals surface area contributed by atoms with Gasteiger partial charge in [-0.15, -0.1) is 0 Å². The third-order valence-electron chi connectivity index (χ3n) is 5.82. The Morgan fingerprint density at radius 1 is 1.08 bits per heavy atom. The van der Waals surface area contributed by atoms with Gasteiger partial charge in [-0.1, -0.05) is 36.4 Å². The fourth-order valence-electron chi connectivity index (χ4n) is 4.45. The summed E-state index contributed by atoms with van der Waals surface area (Å²) < 4.78 is 0. The third kappa shape index (κ3) is 2.70. The van der Waals surface area contributed by atoms with Crippen molar-refractivity contribution in [2.45, 2.75) is 50.6 Å². The summed E-state index contributed by atoms with van der Waals surface area (Å²) >= 11 is 0. The van der Waals surface area contributed by atoms with Crippen LogP contribution in [-0.2, 0) is 28.9 Å². The molecule has 2 amide bonds. The minimum absolute atomic E-state index is 0.0330. The predicted molar refractivity (Wildman–Crippen MR) is 99.9 cm³/mol. The molecule has 2 aromatic carbocycles. The van der Waals surface area contributed by atoms with Crippen LogP contribution in [0.1, 0.15) is 47.6 Å². The second-order valence-corrected chi connectivity index (χ2v) is 7.68. The molecule has 2 aromatic rings. The smallest absolute Gasteiger partial charge is 0.228 e. The van der Waals surface area contributed by atoms with Crippen molar-refractivity contribution in [1.29, 1.82) is 0 Å². The van der Waals surface area contributed by atoms with Gasteiger partial charge in [0, 0.05) is 11.7 Å². The zero-order valence-electron chi connectivity index (χ0n) is 14.7. The van der Waals surface area contributed by atoms with Gasteiger partial charge >= 0.3 is 0 Å². The van der Waals surface area contributed by atoms with Crippen LogP contribution in [0.25, 0.3) is 0 Å². The largest absolute Gasteiger partial charge is 0.332 e. The number of amides is 2. The molecule has 3 aliphatic rings. The normalized spacial score (nSPS) is 20.5. The van der Waals surface area contributed by atoms with E-state index >= 15 is 0 Å². The SMILES string of the molecule is O=C1Cc2ccc(CC(=O)N(C3CC3)C3CCc4ccccc43)cc2N1. The Balaban J connectivity index is 1.38. The Morgan fingerprint density at radius 3 is 2.77 bits per heavy atom. The summed E-state index contributed by atoms with van der Waals surface area (Å²) in [6.45, 7) is 0. The van der Waals surface area contributed by atoms with Crippen LogP contribution in [0.2, 0.25) is 0 Å². The van der Waals surface area contributed by atoms with Crippen molar-refractivity contribution < 1.29 is 9.59 Å². The molecule has 0 radical (unpaired) electrons. The van der Waals surface area contributed by atoms with Crippen LogP contribution >= 0.6 is 0 Å². The number of fused-ring (bicyclic) bond motifs is 2. The number of nitrogens with one attached hydrogen (secondary N) is 1. The molecule has 132 valence electrons. The van der Waals surface area contributed by atoms with Crippen molar-refractivity contribution in [3.63, 3.8) is 0 Å². The summed E-state index contributed by atoms with van der Waals surface area (Å²) in [6.07, 6.45) is 5.16. The number of hydrogen-bond donors (Lipinski definition) is 1. The number of anilines is 1. The summed E-state index contributed by atoms with van der Waals surface area (Å²) in [7, 11) is 0. The fourth-order valence-corrected chi connectivity index (χ4v) is 4.45. The van der Waals surface area contributed by atoms with E-state index in [0.29, 0.717) is 18.9 Å². The van der Waals surface area contributed by atoms with Crippen LogP contribution in [0, 0.1) is 0 Å². The van der Waals surface area contributed by atoms with E-state index in [4.69, 9.17) is 0 Å². The Kier molecular flexibility index (Phi) is 3.59. The second kappa shape index (κ2) is 5.97. The van der Waals surface area contributed by atoms with Crippen LogP contribution in [0.4, 0.5) is 5.69 Å². The molecule has 26 heavy (non-hydrogen) atoms. The molecule has 0 aromatic heterocycles. The van der Waals surface area contributed by atoms with E-state index in [1.807, 2.05) is 18.2 Å². The fraction of sp³-hybridized carbons (Fsp3) is 0.364. The van der Waals surface area contributed by atoms with E-state index in [1.165, 1.54) is 11.1 Å². The first kappa shape index (κ1) is 15.6. The van der Waals surface area contributed by atoms with Crippen molar-refractivity contribution in [3.05, 3.63) is 64.7 Å². The molecule has 5 rings (SSSR count). The first-order valence-electron chi connectivity index (χ1n) is 9.49. The van der Waals surface area contributed by atoms with Gasteiger partial charge in [-0.25, -0.2) is 0 Å². The minimum Gasteiger partial charge on any atom is -0.332 e. The number of carbonyl (C=O) groups excluding carboxylic acids is 2. The summed E-state index contributed by atoms with van der Waals surface area (Å²) in [5, 5.41) is 2.88. The molecule has 2 aliphatic carbocycles. The van der Waals surface area contributed by atoms with E-state index in [2.05, 4.69) is 34.5 Å². The number of rotatable bonds is 4. The van der Waals surface area contributed by atoms with Gasteiger partial charge in [-0.05, 0) is 54.0 Å². The molecule has 4 heteroatoms. The molecule has 1 fully saturated rings. The first-order valence-corrected chi connectivity index (χ1v) is 9.49. The summed E-state index contributed by atoms with van der Waals surface area (Å²) in [5.74, 6) is 0.240. The van der Waals surface area contributed by atoms with Gasteiger partial charge in [0.05, 0.1) is 18.9 Å². The Hall–Kier alpha value is -2.62. The predicted octanol–water partition coefficient (Wildman–Crippen LogP) is 3.40. The molecule has 1 aliphatic heterocycles. The monoisotopic (exact) mass is 346 g/mol. The highest BCUT2D eigenvalue weighted by atomic mass is 16.2. The molecule has 1 N–H and O–H groups in total. The standard InChI is InChI=1S/C22H22N2O2/c25-21-13-16-6-5-14(11-19(16)23-21)12-22(26)24(17-8-9-17)20-10-7-15-3-1-2-4-18(15)20/h1-6,11,17,20H,7-10,12-13H2,(H,23,25). The van der Waals surface area contributed by atoms with Crippen molar-refractivity contribution in [3.8, 4) is 0 Å². The molecule has 1 heterocycles. The van der Waals surface area contributed by atoms with Gasteiger partial charge in [-0.2, -0.15) is 0 Å². The highest BCUT2D eigenvalue weighted by Gasteiger charge is 2.40. The van der Waals surface area contributed by atoms with E-state index in [9.17, 15) is 9.59 Å². The zero-order chi connectivity index (χ0) is 17.7. The summed E-state index contributed by atoms with van der Waals surface area (Å²) in [4.78, 5) is 26.9. The van der Waals surface area contributed by atoms with Gasteiger partial charge in [-0.3, -0.25) is 9.59 Å². The van der Waals surface area contributed by atoms with E-state index < -0.39 is 0 Å². The molecule has 0 bridgehead atoms. The lowest BCUT2D eigenvalue weighted by Gasteiger charge is -2.30. The van der Waals surface area contributed by atoms with E-state index in [-0.39, 0.29) is 17.9 Å². The van der Waals surface area contributed by atoms with Gasteiger partial charge in [0.15, 0.2) is 0 Å². The van der Waals surface area contributed by atoms with Crippen molar-refractivity contribution in [2.24, 2.45) is 0 Å². The lowest BCUT2D eigenvalue weighted by Crippen LogP contribution is -2.37. The Bertz CT molecular complexity index is 901. The molecule has 1 saturated carbocycles. The van der Waals surface area contributed by atoms with Crippen LogP contribution in [0.5, 0.6) is 0 Å². The molecule has 0 saturated heterocycles. The lowest BCUT2D eigenvalue weighted by molar-refractivity contribution is -0.133. The topological polar surface area (TPSA) is 49.4 Å². The molecular weight excluding hydrogens is 324 g/mol. The van der Waals surface area contributed by atoms with Gasteiger partial charge < -0.3 is 10.2 Å². The Labute approximate surface area is 153 Å². The quantitative estimate of drug-likeness (QED) is 0.922. The van der Waals surface area contributed by atoms with Crippen molar-refractivity contribution >= 4 is 17.5 Å².